The molecule has 5 nitrogen and oxygen atoms in total. The Hall–Kier alpha value is -2.95. The van der Waals surface area contributed by atoms with Crippen molar-refractivity contribution in [1.82, 2.24) is 19.5 Å². The summed E-state index contributed by atoms with van der Waals surface area (Å²) in [5.41, 5.74) is 4.92. The number of imidazole rings is 1. The second-order valence-corrected chi connectivity index (χ2v) is 6.05. The van der Waals surface area contributed by atoms with E-state index in [0.29, 0.717) is 6.54 Å². The van der Waals surface area contributed by atoms with E-state index in [0.717, 1.165) is 39.4 Å². The van der Waals surface area contributed by atoms with Crippen LogP contribution in [-0.4, -0.2) is 26.6 Å². The van der Waals surface area contributed by atoms with E-state index < -0.39 is 0 Å². The average molecular weight is 317 g/mol. The van der Waals surface area contributed by atoms with Crippen molar-refractivity contribution >= 4 is 27.9 Å². The van der Waals surface area contributed by atoms with Crippen LogP contribution >= 0.6 is 0 Å². The van der Waals surface area contributed by atoms with Crippen LogP contribution in [0.4, 0.5) is 5.82 Å². The van der Waals surface area contributed by atoms with Crippen molar-refractivity contribution in [3.05, 3.63) is 60.0 Å². The van der Waals surface area contributed by atoms with Crippen molar-refractivity contribution in [2.45, 2.75) is 13.5 Å². The minimum Gasteiger partial charge on any atom is -0.351 e. The van der Waals surface area contributed by atoms with E-state index in [1.807, 2.05) is 56.4 Å². The molecule has 0 radical (unpaired) electrons. The van der Waals surface area contributed by atoms with Crippen LogP contribution in [-0.2, 0) is 13.6 Å². The van der Waals surface area contributed by atoms with Gasteiger partial charge in [0.05, 0.1) is 34.3 Å². The van der Waals surface area contributed by atoms with Gasteiger partial charge in [0.2, 0.25) is 0 Å². The Balaban J connectivity index is 1.71. The van der Waals surface area contributed by atoms with Gasteiger partial charge in [-0.1, -0.05) is 24.3 Å². The molecule has 2 aromatic carbocycles. The molecular weight excluding hydrogens is 298 g/mol. The molecule has 0 bridgehead atoms. The standard InChI is InChI=1S/C19H19N5/c1-13-19(22-15-9-5-4-8-14(15)20-13)23(2)12-18-21-16-10-6-7-11-17(16)24(18)3/h4-11H,12H2,1-3H3. The quantitative estimate of drug-likeness (QED) is 0.580. The lowest BCUT2D eigenvalue weighted by molar-refractivity contribution is 0.766. The number of fused-ring (bicyclic) bond motifs is 2. The molecule has 0 aliphatic heterocycles. The van der Waals surface area contributed by atoms with Gasteiger partial charge in [0, 0.05) is 14.1 Å². The Labute approximate surface area is 140 Å². The summed E-state index contributed by atoms with van der Waals surface area (Å²) in [5, 5.41) is 0. The van der Waals surface area contributed by atoms with Crippen LogP contribution in [0.1, 0.15) is 11.5 Å². The summed E-state index contributed by atoms with van der Waals surface area (Å²) in [5.74, 6) is 1.90. The summed E-state index contributed by atoms with van der Waals surface area (Å²) in [6.07, 6.45) is 0. The Bertz CT molecular complexity index is 1030. The van der Waals surface area contributed by atoms with Crippen LogP contribution in [0, 0.1) is 6.92 Å². The molecule has 0 spiro atoms. The SMILES string of the molecule is Cc1nc2ccccc2nc1N(C)Cc1nc2ccccc2n1C. The van der Waals surface area contributed by atoms with Gasteiger partial charge < -0.3 is 9.47 Å². The number of nitrogens with zero attached hydrogens (tertiary/aromatic N) is 5. The Kier molecular flexibility index (Phi) is 3.41. The van der Waals surface area contributed by atoms with Crippen LogP contribution < -0.4 is 4.90 Å². The molecule has 0 fully saturated rings. The number of aromatic nitrogens is 4. The second kappa shape index (κ2) is 5.60. The number of hydrogen-bond acceptors (Lipinski definition) is 4. The third-order valence-corrected chi connectivity index (χ3v) is 4.34. The fourth-order valence-electron chi connectivity index (χ4n) is 3.06. The van der Waals surface area contributed by atoms with E-state index in [9.17, 15) is 0 Å². The van der Waals surface area contributed by atoms with Crippen LogP contribution in [0.5, 0.6) is 0 Å². The lowest BCUT2D eigenvalue weighted by Crippen LogP contribution is -2.21. The highest BCUT2D eigenvalue weighted by molar-refractivity contribution is 5.77. The number of aryl methyl sites for hydroxylation is 2. The van der Waals surface area contributed by atoms with Gasteiger partial charge in [0.1, 0.15) is 5.82 Å². The molecule has 0 amide bonds. The molecule has 5 heteroatoms. The number of benzene rings is 2. The normalized spacial score (nSPS) is 11.3. The van der Waals surface area contributed by atoms with Crippen LogP contribution in [0.25, 0.3) is 22.1 Å². The molecule has 2 heterocycles. The van der Waals surface area contributed by atoms with Gasteiger partial charge in [-0.25, -0.2) is 15.0 Å². The zero-order chi connectivity index (χ0) is 16.7. The van der Waals surface area contributed by atoms with E-state index >= 15 is 0 Å². The number of rotatable bonds is 3. The molecule has 0 aliphatic rings. The topological polar surface area (TPSA) is 46.8 Å². The van der Waals surface area contributed by atoms with E-state index in [1.165, 1.54) is 0 Å². The predicted molar refractivity (Wildman–Crippen MR) is 97.1 cm³/mol. The van der Waals surface area contributed by atoms with Crippen molar-refractivity contribution < 1.29 is 0 Å². The maximum absolute atomic E-state index is 4.78. The van der Waals surface area contributed by atoms with Crippen molar-refractivity contribution in [1.29, 1.82) is 0 Å². The maximum atomic E-state index is 4.78. The molecular formula is C19H19N5. The van der Waals surface area contributed by atoms with Gasteiger partial charge >= 0.3 is 0 Å². The van der Waals surface area contributed by atoms with Gasteiger partial charge in [0.25, 0.3) is 0 Å². The first-order chi connectivity index (χ1) is 11.6. The highest BCUT2D eigenvalue weighted by atomic mass is 15.2. The number of para-hydroxylation sites is 4. The summed E-state index contributed by atoms with van der Waals surface area (Å²) in [4.78, 5) is 16.3. The highest BCUT2D eigenvalue weighted by Gasteiger charge is 2.14. The minimum atomic E-state index is 0.680. The molecule has 0 saturated heterocycles. The monoisotopic (exact) mass is 317 g/mol. The number of anilines is 1. The predicted octanol–water partition coefficient (Wildman–Crippen LogP) is 3.46. The zero-order valence-electron chi connectivity index (χ0n) is 14.1. The molecule has 0 N–H and O–H groups in total. The van der Waals surface area contributed by atoms with E-state index in [-0.39, 0.29) is 0 Å². The first-order valence-corrected chi connectivity index (χ1v) is 7.98. The van der Waals surface area contributed by atoms with Gasteiger partial charge in [-0.05, 0) is 31.2 Å². The first kappa shape index (κ1) is 14.6. The second-order valence-electron chi connectivity index (χ2n) is 6.05. The molecule has 4 aromatic rings. The van der Waals surface area contributed by atoms with Crippen molar-refractivity contribution in [2.75, 3.05) is 11.9 Å². The lowest BCUT2D eigenvalue weighted by Gasteiger charge is -2.19. The van der Waals surface area contributed by atoms with Crippen molar-refractivity contribution in [3.8, 4) is 0 Å². The molecule has 0 aliphatic carbocycles. The Morgan fingerprint density at radius 1 is 0.875 bits per heavy atom. The van der Waals surface area contributed by atoms with Crippen LogP contribution in [0.3, 0.4) is 0 Å². The van der Waals surface area contributed by atoms with Crippen LogP contribution in [0.2, 0.25) is 0 Å². The Morgan fingerprint density at radius 2 is 1.50 bits per heavy atom. The fourth-order valence-corrected chi connectivity index (χ4v) is 3.06. The fraction of sp³-hybridized carbons (Fsp3) is 0.211. The van der Waals surface area contributed by atoms with Gasteiger partial charge in [-0.15, -0.1) is 0 Å². The van der Waals surface area contributed by atoms with E-state index in [4.69, 9.17) is 9.97 Å². The summed E-state index contributed by atoms with van der Waals surface area (Å²) in [6, 6.07) is 16.1. The first-order valence-electron chi connectivity index (χ1n) is 7.98. The molecule has 0 saturated carbocycles. The highest BCUT2D eigenvalue weighted by Crippen LogP contribution is 2.21. The molecule has 4 rings (SSSR count). The number of hydrogen-bond donors (Lipinski definition) is 0. The molecule has 120 valence electrons. The Morgan fingerprint density at radius 3 is 2.21 bits per heavy atom. The van der Waals surface area contributed by atoms with Gasteiger partial charge in [0.15, 0.2) is 5.82 Å². The minimum absolute atomic E-state index is 0.680. The molecule has 0 unspecified atom stereocenters. The smallest absolute Gasteiger partial charge is 0.150 e. The van der Waals surface area contributed by atoms with E-state index in [1.54, 1.807) is 0 Å². The third kappa shape index (κ3) is 2.38. The maximum Gasteiger partial charge on any atom is 0.150 e. The molecule has 24 heavy (non-hydrogen) atoms. The van der Waals surface area contributed by atoms with Crippen molar-refractivity contribution in [2.24, 2.45) is 7.05 Å². The molecule has 0 atom stereocenters. The third-order valence-electron chi connectivity index (χ3n) is 4.34. The molecule has 2 aromatic heterocycles. The zero-order valence-corrected chi connectivity index (χ0v) is 14.1. The van der Waals surface area contributed by atoms with Crippen molar-refractivity contribution in [3.63, 3.8) is 0 Å². The van der Waals surface area contributed by atoms with E-state index in [2.05, 4.69) is 27.6 Å². The van der Waals surface area contributed by atoms with Gasteiger partial charge in [-0.3, -0.25) is 0 Å². The largest absolute Gasteiger partial charge is 0.351 e. The van der Waals surface area contributed by atoms with Crippen LogP contribution in [0.15, 0.2) is 48.5 Å². The summed E-state index contributed by atoms with van der Waals surface area (Å²) in [6.45, 7) is 2.68. The summed E-state index contributed by atoms with van der Waals surface area (Å²) < 4.78 is 2.13. The summed E-state index contributed by atoms with van der Waals surface area (Å²) in [7, 11) is 4.09. The lowest BCUT2D eigenvalue weighted by atomic mass is 10.3. The average Bonchev–Trinajstić information content (AvgIpc) is 2.90. The summed E-state index contributed by atoms with van der Waals surface area (Å²) >= 11 is 0. The van der Waals surface area contributed by atoms with Gasteiger partial charge in [-0.2, -0.15) is 0 Å².